The SMILES string of the molecule is CCn1c(SCc2cc([N+](=O)[O-])ccc2OC)nnc1-c1ccccc1OC. The number of non-ortho nitro benzene ring substituents is 1. The fraction of sp³-hybridized carbons (Fsp3) is 0.263. The summed E-state index contributed by atoms with van der Waals surface area (Å²) in [5, 5.41) is 20.4. The number of para-hydroxylation sites is 1. The van der Waals surface area contributed by atoms with E-state index in [0.717, 1.165) is 22.0 Å². The lowest BCUT2D eigenvalue weighted by atomic mass is 10.2. The van der Waals surface area contributed by atoms with Gasteiger partial charge in [-0.1, -0.05) is 23.9 Å². The first-order valence-electron chi connectivity index (χ1n) is 8.59. The lowest BCUT2D eigenvalue weighted by Gasteiger charge is -2.11. The van der Waals surface area contributed by atoms with Gasteiger partial charge in [0.05, 0.1) is 24.7 Å². The molecule has 0 aliphatic heterocycles. The zero-order valence-electron chi connectivity index (χ0n) is 15.8. The van der Waals surface area contributed by atoms with E-state index in [1.165, 1.54) is 23.9 Å². The van der Waals surface area contributed by atoms with Crippen molar-refractivity contribution in [2.45, 2.75) is 24.4 Å². The van der Waals surface area contributed by atoms with E-state index in [9.17, 15) is 10.1 Å². The number of ether oxygens (including phenoxy) is 2. The van der Waals surface area contributed by atoms with Gasteiger partial charge in [-0.05, 0) is 25.1 Å². The standard InChI is InChI=1S/C19H20N4O4S/c1-4-22-18(15-7-5-6-8-17(15)27-3)20-21-19(22)28-12-13-11-14(23(24)25)9-10-16(13)26-2/h5-11H,4,12H2,1-3H3. The van der Waals surface area contributed by atoms with Gasteiger partial charge in [-0.2, -0.15) is 0 Å². The molecule has 0 aliphatic rings. The highest BCUT2D eigenvalue weighted by atomic mass is 32.2. The molecule has 1 heterocycles. The van der Waals surface area contributed by atoms with E-state index < -0.39 is 4.92 Å². The van der Waals surface area contributed by atoms with Crippen LogP contribution in [-0.2, 0) is 12.3 Å². The number of benzene rings is 2. The van der Waals surface area contributed by atoms with E-state index in [-0.39, 0.29) is 5.69 Å². The molecule has 0 amide bonds. The first kappa shape index (κ1) is 19.7. The van der Waals surface area contributed by atoms with E-state index in [2.05, 4.69) is 10.2 Å². The lowest BCUT2D eigenvalue weighted by molar-refractivity contribution is -0.384. The van der Waals surface area contributed by atoms with Crippen molar-refractivity contribution in [2.75, 3.05) is 14.2 Å². The molecule has 0 radical (unpaired) electrons. The summed E-state index contributed by atoms with van der Waals surface area (Å²) in [5.41, 5.74) is 1.62. The van der Waals surface area contributed by atoms with Gasteiger partial charge < -0.3 is 14.0 Å². The van der Waals surface area contributed by atoms with Gasteiger partial charge in [0.1, 0.15) is 11.5 Å². The molecule has 8 nitrogen and oxygen atoms in total. The Morgan fingerprint density at radius 3 is 2.54 bits per heavy atom. The van der Waals surface area contributed by atoms with E-state index in [1.54, 1.807) is 20.3 Å². The highest BCUT2D eigenvalue weighted by Gasteiger charge is 2.18. The maximum absolute atomic E-state index is 11.1. The summed E-state index contributed by atoms with van der Waals surface area (Å²) in [6.07, 6.45) is 0. The molecule has 2 aromatic carbocycles. The molecule has 28 heavy (non-hydrogen) atoms. The minimum Gasteiger partial charge on any atom is -0.496 e. The summed E-state index contributed by atoms with van der Waals surface area (Å²) in [5.74, 6) is 2.51. The first-order valence-corrected chi connectivity index (χ1v) is 9.58. The number of nitro benzene ring substituents is 1. The Balaban J connectivity index is 1.90. The molecule has 3 rings (SSSR count). The lowest BCUT2D eigenvalue weighted by Crippen LogP contribution is -2.01. The van der Waals surface area contributed by atoms with Gasteiger partial charge in [0, 0.05) is 30.0 Å². The van der Waals surface area contributed by atoms with Crippen molar-refractivity contribution < 1.29 is 14.4 Å². The first-order chi connectivity index (χ1) is 13.6. The predicted molar refractivity (Wildman–Crippen MR) is 107 cm³/mol. The zero-order chi connectivity index (χ0) is 20.1. The second-order valence-electron chi connectivity index (χ2n) is 5.79. The van der Waals surface area contributed by atoms with Crippen LogP contribution in [0.25, 0.3) is 11.4 Å². The van der Waals surface area contributed by atoms with Crippen LogP contribution in [0.4, 0.5) is 5.69 Å². The van der Waals surface area contributed by atoms with Crippen LogP contribution in [0.5, 0.6) is 11.5 Å². The topological polar surface area (TPSA) is 92.3 Å². The maximum Gasteiger partial charge on any atom is 0.270 e. The molecule has 3 aromatic rings. The average molecular weight is 400 g/mol. The fourth-order valence-corrected chi connectivity index (χ4v) is 3.82. The van der Waals surface area contributed by atoms with Crippen LogP contribution in [0.15, 0.2) is 47.6 Å². The molecule has 0 saturated heterocycles. The Bertz CT molecular complexity index is 990. The highest BCUT2D eigenvalue weighted by Crippen LogP contribution is 2.33. The van der Waals surface area contributed by atoms with Crippen LogP contribution in [0.2, 0.25) is 0 Å². The van der Waals surface area contributed by atoms with Crippen LogP contribution in [0.1, 0.15) is 12.5 Å². The number of rotatable bonds is 8. The van der Waals surface area contributed by atoms with Crippen molar-refractivity contribution in [3.63, 3.8) is 0 Å². The molecule has 0 N–H and O–H groups in total. The summed E-state index contributed by atoms with van der Waals surface area (Å²) in [6, 6.07) is 12.2. The minimum absolute atomic E-state index is 0.0306. The predicted octanol–water partition coefficient (Wildman–Crippen LogP) is 4.18. The van der Waals surface area contributed by atoms with Gasteiger partial charge in [0.2, 0.25) is 0 Å². The number of thioether (sulfide) groups is 1. The van der Waals surface area contributed by atoms with Gasteiger partial charge >= 0.3 is 0 Å². The highest BCUT2D eigenvalue weighted by molar-refractivity contribution is 7.98. The zero-order valence-corrected chi connectivity index (χ0v) is 16.6. The van der Waals surface area contributed by atoms with Crippen LogP contribution < -0.4 is 9.47 Å². The van der Waals surface area contributed by atoms with Gasteiger partial charge in [-0.15, -0.1) is 10.2 Å². The third-order valence-electron chi connectivity index (χ3n) is 4.21. The second kappa shape index (κ2) is 8.75. The van der Waals surface area contributed by atoms with Gasteiger partial charge in [0.25, 0.3) is 5.69 Å². The van der Waals surface area contributed by atoms with Crippen molar-refractivity contribution in [3.05, 3.63) is 58.1 Å². The summed E-state index contributed by atoms with van der Waals surface area (Å²) in [6.45, 7) is 2.69. The molecule has 0 fully saturated rings. The number of methoxy groups -OCH3 is 2. The van der Waals surface area contributed by atoms with Crippen LogP contribution in [0, 0.1) is 10.1 Å². The van der Waals surface area contributed by atoms with Crippen LogP contribution >= 0.6 is 11.8 Å². The van der Waals surface area contributed by atoms with E-state index in [0.29, 0.717) is 23.9 Å². The summed E-state index contributed by atoms with van der Waals surface area (Å²) >= 11 is 1.45. The van der Waals surface area contributed by atoms with Crippen molar-refractivity contribution >= 4 is 17.4 Å². The Morgan fingerprint density at radius 1 is 1.11 bits per heavy atom. The third kappa shape index (κ3) is 3.94. The quantitative estimate of drug-likeness (QED) is 0.318. The van der Waals surface area contributed by atoms with Crippen LogP contribution in [0.3, 0.4) is 0 Å². The number of hydrogen-bond acceptors (Lipinski definition) is 7. The molecule has 0 atom stereocenters. The Hall–Kier alpha value is -3.07. The molecule has 0 bridgehead atoms. The molecule has 9 heteroatoms. The molecule has 0 unspecified atom stereocenters. The largest absolute Gasteiger partial charge is 0.496 e. The van der Waals surface area contributed by atoms with E-state index in [4.69, 9.17) is 9.47 Å². The minimum atomic E-state index is -0.415. The van der Waals surface area contributed by atoms with Crippen molar-refractivity contribution in [1.29, 1.82) is 0 Å². The number of nitro groups is 1. The summed E-state index contributed by atoms with van der Waals surface area (Å²) in [7, 11) is 3.17. The van der Waals surface area contributed by atoms with Crippen molar-refractivity contribution in [2.24, 2.45) is 0 Å². The van der Waals surface area contributed by atoms with Crippen molar-refractivity contribution in [1.82, 2.24) is 14.8 Å². The molecule has 146 valence electrons. The maximum atomic E-state index is 11.1. The van der Waals surface area contributed by atoms with Crippen molar-refractivity contribution in [3.8, 4) is 22.9 Å². The third-order valence-corrected chi connectivity index (χ3v) is 5.23. The number of nitrogens with zero attached hydrogens (tertiary/aromatic N) is 4. The average Bonchev–Trinajstić information content (AvgIpc) is 3.14. The van der Waals surface area contributed by atoms with Gasteiger partial charge in [-0.25, -0.2) is 0 Å². The van der Waals surface area contributed by atoms with Crippen LogP contribution in [-0.4, -0.2) is 33.9 Å². The van der Waals surface area contributed by atoms with E-state index in [1.807, 2.05) is 35.8 Å². The van der Waals surface area contributed by atoms with E-state index >= 15 is 0 Å². The normalized spacial score (nSPS) is 10.7. The Labute approximate surface area is 166 Å². The molecule has 0 aliphatic carbocycles. The molecule has 0 spiro atoms. The Morgan fingerprint density at radius 2 is 1.86 bits per heavy atom. The number of aromatic nitrogens is 3. The monoisotopic (exact) mass is 400 g/mol. The molecular weight excluding hydrogens is 380 g/mol. The van der Waals surface area contributed by atoms with Gasteiger partial charge in [-0.3, -0.25) is 10.1 Å². The smallest absolute Gasteiger partial charge is 0.270 e. The molecular formula is C19H20N4O4S. The molecule has 0 saturated carbocycles. The fourth-order valence-electron chi connectivity index (χ4n) is 2.84. The van der Waals surface area contributed by atoms with Gasteiger partial charge in [0.15, 0.2) is 11.0 Å². The summed E-state index contributed by atoms with van der Waals surface area (Å²) < 4.78 is 12.8. The summed E-state index contributed by atoms with van der Waals surface area (Å²) in [4.78, 5) is 10.7. The number of hydrogen-bond donors (Lipinski definition) is 0. The molecule has 1 aromatic heterocycles. The second-order valence-corrected chi connectivity index (χ2v) is 6.74. The Kier molecular flexibility index (Phi) is 6.15.